The van der Waals surface area contributed by atoms with Crippen LogP contribution in [-0.2, 0) is 6.18 Å². The van der Waals surface area contributed by atoms with Crippen LogP contribution in [0.4, 0.5) is 13.2 Å². The lowest BCUT2D eigenvalue weighted by Crippen LogP contribution is -2.23. The summed E-state index contributed by atoms with van der Waals surface area (Å²) in [5.41, 5.74) is 1.29. The van der Waals surface area contributed by atoms with Gasteiger partial charge in [-0.2, -0.15) is 23.0 Å². The first-order chi connectivity index (χ1) is 13.3. The summed E-state index contributed by atoms with van der Waals surface area (Å²) < 4.78 is 44.9. The SMILES string of the molecule is COc1cc([C@@H](C)NC(C)c2ccccc2)nn1-c1ccc(C(F)(F)F)nc1. The Morgan fingerprint density at radius 3 is 2.32 bits per heavy atom. The molecule has 148 valence electrons. The van der Waals surface area contributed by atoms with E-state index in [9.17, 15) is 13.2 Å². The quantitative estimate of drug-likeness (QED) is 0.663. The zero-order chi connectivity index (χ0) is 20.3. The van der Waals surface area contributed by atoms with Crippen LogP contribution in [0.5, 0.6) is 5.88 Å². The Kier molecular flexibility index (Phi) is 5.69. The van der Waals surface area contributed by atoms with Crippen LogP contribution in [0, 0.1) is 0 Å². The molecule has 2 heterocycles. The van der Waals surface area contributed by atoms with Crippen molar-refractivity contribution in [3.8, 4) is 11.6 Å². The molecule has 0 fully saturated rings. The molecule has 1 unspecified atom stereocenters. The number of methoxy groups -OCH3 is 1. The topological polar surface area (TPSA) is 52.0 Å². The van der Waals surface area contributed by atoms with Gasteiger partial charge in [0.2, 0.25) is 5.88 Å². The van der Waals surface area contributed by atoms with Crippen LogP contribution in [0.1, 0.15) is 42.9 Å². The molecule has 1 aromatic carbocycles. The smallest absolute Gasteiger partial charge is 0.433 e. The molecule has 0 radical (unpaired) electrons. The fraction of sp³-hybridized carbons (Fsp3) is 0.300. The first kappa shape index (κ1) is 19.9. The number of aromatic nitrogens is 3. The molecule has 2 aromatic heterocycles. The van der Waals surface area contributed by atoms with Crippen molar-refractivity contribution in [3.63, 3.8) is 0 Å². The van der Waals surface area contributed by atoms with Gasteiger partial charge >= 0.3 is 6.18 Å². The molecule has 5 nitrogen and oxygen atoms in total. The molecule has 8 heteroatoms. The molecule has 2 atom stereocenters. The second-order valence-corrected chi connectivity index (χ2v) is 6.44. The van der Waals surface area contributed by atoms with Crippen LogP contribution in [-0.4, -0.2) is 21.9 Å². The third kappa shape index (κ3) is 4.33. The number of alkyl halides is 3. The van der Waals surface area contributed by atoms with Crippen molar-refractivity contribution in [2.75, 3.05) is 7.11 Å². The maximum absolute atomic E-state index is 12.7. The Morgan fingerprint density at radius 2 is 1.75 bits per heavy atom. The van der Waals surface area contributed by atoms with E-state index in [-0.39, 0.29) is 12.1 Å². The van der Waals surface area contributed by atoms with Crippen LogP contribution in [0.2, 0.25) is 0 Å². The third-order valence-electron chi connectivity index (χ3n) is 4.43. The number of nitrogens with one attached hydrogen (secondary N) is 1. The number of rotatable bonds is 6. The van der Waals surface area contributed by atoms with Gasteiger partial charge in [0.1, 0.15) is 5.69 Å². The van der Waals surface area contributed by atoms with Crippen LogP contribution in [0.25, 0.3) is 5.69 Å². The summed E-state index contributed by atoms with van der Waals surface area (Å²) in [7, 11) is 1.49. The average molecular weight is 390 g/mol. The standard InChI is InChI=1S/C20H21F3N4O/c1-13(15-7-5-4-6-8-15)25-14(2)17-11-19(28-3)27(26-17)16-9-10-18(24-12-16)20(21,22)23/h4-14,25H,1-3H3/t13?,14-/m1/s1. The van der Waals surface area contributed by atoms with Gasteiger partial charge in [-0.1, -0.05) is 30.3 Å². The molecule has 3 aromatic rings. The maximum Gasteiger partial charge on any atom is 0.433 e. The van der Waals surface area contributed by atoms with Crippen molar-refractivity contribution in [2.24, 2.45) is 0 Å². The van der Waals surface area contributed by atoms with Crippen LogP contribution >= 0.6 is 0 Å². The molecule has 0 saturated heterocycles. The number of benzene rings is 1. The molecule has 0 aliphatic rings. The molecular weight excluding hydrogens is 369 g/mol. The Hall–Kier alpha value is -2.87. The largest absolute Gasteiger partial charge is 0.481 e. The molecule has 0 bridgehead atoms. The first-order valence-corrected chi connectivity index (χ1v) is 8.78. The monoisotopic (exact) mass is 390 g/mol. The highest BCUT2D eigenvalue weighted by Crippen LogP contribution is 2.29. The Balaban J connectivity index is 1.82. The van der Waals surface area contributed by atoms with Crippen molar-refractivity contribution < 1.29 is 17.9 Å². The van der Waals surface area contributed by atoms with Gasteiger partial charge in [0, 0.05) is 18.2 Å². The molecule has 0 saturated carbocycles. The number of hydrogen-bond donors (Lipinski definition) is 1. The second-order valence-electron chi connectivity index (χ2n) is 6.44. The van der Waals surface area contributed by atoms with Crippen molar-refractivity contribution in [3.05, 3.63) is 71.7 Å². The fourth-order valence-corrected chi connectivity index (χ4v) is 2.90. The lowest BCUT2D eigenvalue weighted by molar-refractivity contribution is -0.141. The molecule has 1 N–H and O–H groups in total. The molecule has 0 aliphatic heterocycles. The summed E-state index contributed by atoms with van der Waals surface area (Å²) in [6, 6.07) is 14.0. The average Bonchev–Trinajstić information content (AvgIpc) is 3.12. The lowest BCUT2D eigenvalue weighted by Gasteiger charge is -2.18. The van der Waals surface area contributed by atoms with Gasteiger partial charge in [-0.15, -0.1) is 0 Å². The Morgan fingerprint density at radius 1 is 1.04 bits per heavy atom. The van der Waals surface area contributed by atoms with Gasteiger partial charge in [0.15, 0.2) is 0 Å². The normalized spacial score (nSPS) is 13.9. The molecule has 0 aliphatic carbocycles. The van der Waals surface area contributed by atoms with Crippen molar-refractivity contribution in [2.45, 2.75) is 32.1 Å². The molecular formula is C20H21F3N4O. The molecule has 3 rings (SSSR count). The predicted molar refractivity (Wildman–Crippen MR) is 99.3 cm³/mol. The van der Waals surface area contributed by atoms with Crippen LogP contribution in [0.15, 0.2) is 54.7 Å². The van der Waals surface area contributed by atoms with E-state index < -0.39 is 11.9 Å². The third-order valence-corrected chi connectivity index (χ3v) is 4.43. The van der Waals surface area contributed by atoms with Gasteiger partial charge in [0.25, 0.3) is 0 Å². The van der Waals surface area contributed by atoms with Crippen molar-refractivity contribution >= 4 is 0 Å². The summed E-state index contributed by atoms with van der Waals surface area (Å²) in [5.74, 6) is 0.414. The Labute approximate surface area is 161 Å². The van der Waals surface area contributed by atoms with Gasteiger partial charge in [0.05, 0.1) is 24.7 Å². The van der Waals surface area contributed by atoms with E-state index in [0.717, 1.165) is 17.8 Å². The van der Waals surface area contributed by atoms with E-state index in [2.05, 4.69) is 22.3 Å². The van der Waals surface area contributed by atoms with Crippen LogP contribution < -0.4 is 10.1 Å². The van der Waals surface area contributed by atoms with Gasteiger partial charge in [-0.3, -0.25) is 0 Å². The zero-order valence-corrected chi connectivity index (χ0v) is 15.7. The summed E-state index contributed by atoms with van der Waals surface area (Å²) in [4.78, 5) is 3.49. The highest BCUT2D eigenvalue weighted by atomic mass is 19.4. The van der Waals surface area contributed by atoms with E-state index in [1.807, 2.05) is 37.3 Å². The highest BCUT2D eigenvalue weighted by Gasteiger charge is 2.32. The molecule has 0 amide bonds. The first-order valence-electron chi connectivity index (χ1n) is 8.78. The number of nitrogens with zero attached hydrogens (tertiary/aromatic N) is 3. The van der Waals surface area contributed by atoms with E-state index in [4.69, 9.17) is 4.74 Å². The lowest BCUT2D eigenvalue weighted by atomic mass is 10.1. The summed E-state index contributed by atoms with van der Waals surface area (Å²) in [6.45, 7) is 4.02. The summed E-state index contributed by atoms with van der Waals surface area (Å²) >= 11 is 0. The maximum atomic E-state index is 12.7. The second kappa shape index (κ2) is 8.02. The minimum Gasteiger partial charge on any atom is -0.481 e. The minimum absolute atomic E-state index is 0.0973. The van der Waals surface area contributed by atoms with Crippen molar-refractivity contribution in [1.29, 1.82) is 0 Å². The van der Waals surface area contributed by atoms with Gasteiger partial charge in [-0.25, -0.2) is 4.98 Å². The molecule has 0 spiro atoms. The van der Waals surface area contributed by atoms with E-state index in [1.54, 1.807) is 6.07 Å². The van der Waals surface area contributed by atoms with Gasteiger partial charge < -0.3 is 10.1 Å². The number of pyridine rings is 1. The van der Waals surface area contributed by atoms with Crippen LogP contribution in [0.3, 0.4) is 0 Å². The van der Waals surface area contributed by atoms with Gasteiger partial charge in [-0.05, 0) is 31.5 Å². The number of ether oxygens (including phenoxy) is 1. The summed E-state index contributed by atoms with van der Waals surface area (Å²) in [5, 5.41) is 7.96. The fourth-order valence-electron chi connectivity index (χ4n) is 2.90. The molecule has 28 heavy (non-hydrogen) atoms. The van der Waals surface area contributed by atoms with E-state index in [1.165, 1.54) is 17.9 Å². The highest BCUT2D eigenvalue weighted by molar-refractivity contribution is 5.35. The van der Waals surface area contributed by atoms with E-state index >= 15 is 0 Å². The predicted octanol–water partition coefficient (Wildman–Crippen LogP) is 4.71. The zero-order valence-electron chi connectivity index (χ0n) is 15.7. The number of halogens is 3. The Bertz CT molecular complexity index is 907. The van der Waals surface area contributed by atoms with Crippen molar-refractivity contribution in [1.82, 2.24) is 20.1 Å². The summed E-state index contributed by atoms with van der Waals surface area (Å²) in [6.07, 6.45) is -3.35. The van der Waals surface area contributed by atoms with E-state index in [0.29, 0.717) is 17.3 Å². The number of hydrogen-bond acceptors (Lipinski definition) is 4. The minimum atomic E-state index is -4.48.